The third-order valence-electron chi connectivity index (χ3n) is 2.51. The van der Waals surface area contributed by atoms with Gasteiger partial charge >= 0.3 is 0 Å². The van der Waals surface area contributed by atoms with Crippen LogP contribution in [0.5, 0.6) is 0 Å². The van der Waals surface area contributed by atoms with E-state index in [4.69, 9.17) is 0 Å². The molecule has 0 unspecified atom stereocenters. The van der Waals surface area contributed by atoms with Crippen LogP contribution in [0.15, 0.2) is 0 Å². The maximum atomic E-state index is 3.34. The molecule has 0 amide bonds. The minimum Gasteiger partial charge on any atom is -0.315 e. The summed E-state index contributed by atoms with van der Waals surface area (Å²) >= 11 is 0. The van der Waals surface area contributed by atoms with Crippen LogP contribution in [-0.4, -0.2) is 26.2 Å². The van der Waals surface area contributed by atoms with Crippen LogP contribution in [0, 0.1) is 0 Å². The first-order chi connectivity index (χ1) is 4.88. The van der Waals surface area contributed by atoms with E-state index < -0.39 is 0 Å². The van der Waals surface area contributed by atoms with Crippen molar-refractivity contribution in [2.75, 3.05) is 14.1 Å². The number of likely N-dealkylation sites (N-methyl/N-ethyl adjacent to an activating group) is 2. The average Bonchev–Trinajstić information content (AvgIpc) is 2.04. The highest BCUT2D eigenvalue weighted by Gasteiger charge is 2.21. The quantitative estimate of drug-likeness (QED) is 0.604. The highest BCUT2D eigenvalue weighted by atomic mass is 15.0. The standard InChI is InChI=1S/C8H18N2.H2/c1-9-7-5-3-4-6-8(7)10-2;/h7-10H,3-6H2,1-2H3;1H/t7-,8-;/m1./s1. The third kappa shape index (κ3) is 1.70. The van der Waals surface area contributed by atoms with Crippen LogP contribution in [0.2, 0.25) is 0 Å². The van der Waals surface area contributed by atoms with Crippen molar-refractivity contribution >= 4 is 0 Å². The summed E-state index contributed by atoms with van der Waals surface area (Å²) in [7, 11) is 4.11. The molecular weight excluding hydrogens is 124 g/mol. The molecule has 2 N–H and O–H groups in total. The lowest BCUT2D eigenvalue weighted by Gasteiger charge is -2.30. The largest absolute Gasteiger partial charge is 0.315 e. The number of rotatable bonds is 2. The molecule has 0 heterocycles. The summed E-state index contributed by atoms with van der Waals surface area (Å²) in [4.78, 5) is 0. The van der Waals surface area contributed by atoms with E-state index in [2.05, 4.69) is 24.7 Å². The van der Waals surface area contributed by atoms with Crippen LogP contribution >= 0.6 is 0 Å². The van der Waals surface area contributed by atoms with Crippen LogP contribution in [0.1, 0.15) is 27.1 Å². The van der Waals surface area contributed by atoms with E-state index in [-0.39, 0.29) is 1.43 Å². The summed E-state index contributed by atoms with van der Waals surface area (Å²) in [5.41, 5.74) is 0. The Balaban J connectivity index is 0.000001000. The number of hydrogen-bond acceptors (Lipinski definition) is 2. The van der Waals surface area contributed by atoms with Crippen LogP contribution in [0.25, 0.3) is 0 Å². The average molecular weight is 144 g/mol. The number of hydrogen-bond donors (Lipinski definition) is 2. The Morgan fingerprint density at radius 3 is 1.70 bits per heavy atom. The molecule has 1 saturated carbocycles. The van der Waals surface area contributed by atoms with Crippen molar-refractivity contribution < 1.29 is 1.43 Å². The fourth-order valence-electron chi connectivity index (χ4n) is 1.82. The lowest BCUT2D eigenvalue weighted by atomic mass is 9.91. The monoisotopic (exact) mass is 144 g/mol. The van der Waals surface area contributed by atoms with Gasteiger partial charge in [0.1, 0.15) is 0 Å². The number of nitrogens with one attached hydrogen (secondary N) is 2. The smallest absolute Gasteiger partial charge is 0.0218 e. The molecule has 0 aromatic heterocycles. The molecular formula is C8H20N2. The molecule has 0 spiro atoms. The van der Waals surface area contributed by atoms with Crippen molar-refractivity contribution in [1.82, 2.24) is 10.6 Å². The third-order valence-corrected chi connectivity index (χ3v) is 2.51. The van der Waals surface area contributed by atoms with Crippen LogP contribution in [-0.2, 0) is 0 Å². The highest BCUT2D eigenvalue weighted by molar-refractivity contribution is 4.83. The van der Waals surface area contributed by atoms with E-state index in [0.717, 1.165) is 0 Å². The van der Waals surface area contributed by atoms with Crippen molar-refractivity contribution in [3.63, 3.8) is 0 Å². The summed E-state index contributed by atoms with van der Waals surface area (Å²) in [6.07, 6.45) is 5.46. The highest BCUT2D eigenvalue weighted by Crippen LogP contribution is 2.17. The Morgan fingerprint density at radius 1 is 1.00 bits per heavy atom. The van der Waals surface area contributed by atoms with Gasteiger partial charge in [0.05, 0.1) is 0 Å². The van der Waals surface area contributed by atoms with Crippen molar-refractivity contribution in [3.05, 3.63) is 0 Å². The Kier molecular flexibility index (Phi) is 3.16. The topological polar surface area (TPSA) is 24.1 Å². The minimum absolute atomic E-state index is 0. The first-order valence-electron chi connectivity index (χ1n) is 4.23. The van der Waals surface area contributed by atoms with Crippen LogP contribution in [0.3, 0.4) is 0 Å². The predicted molar refractivity (Wildman–Crippen MR) is 46.3 cm³/mol. The Morgan fingerprint density at radius 2 is 1.40 bits per heavy atom. The molecule has 62 valence electrons. The van der Waals surface area contributed by atoms with E-state index in [9.17, 15) is 0 Å². The molecule has 1 aliphatic carbocycles. The first kappa shape index (κ1) is 8.02. The van der Waals surface area contributed by atoms with Gasteiger partial charge in [-0.05, 0) is 26.9 Å². The predicted octanol–water partition coefficient (Wildman–Crippen LogP) is 0.982. The second kappa shape index (κ2) is 3.94. The first-order valence-corrected chi connectivity index (χ1v) is 4.23. The van der Waals surface area contributed by atoms with Crippen molar-refractivity contribution in [2.24, 2.45) is 0 Å². The molecule has 0 saturated heterocycles. The fraction of sp³-hybridized carbons (Fsp3) is 1.00. The lowest BCUT2D eigenvalue weighted by molar-refractivity contribution is 0.309. The summed E-state index contributed by atoms with van der Waals surface area (Å²) in [5, 5.41) is 6.68. The zero-order valence-electron chi connectivity index (χ0n) is 6.98. The molecule has 2 atom stereocenters. The molecule has 10 heavy (non-hydrogen) atoms. The fourth-order valence-corrected chi connectivity index (χ4v) is 1.82. The molecule has 0 radical (unpaired) electrons. The van der Waals surface area contributed by atoms with Gasteiger partial charge in [-0.25, -0.2) is 0 Å². The van der Waals surface area contributed by atoms with Gasteiger partial charge < -0.3 is 10.6 Å². The minimum atomic E-state index is 0. The van der Waals surface area contributed by atoms with E-state index in [1.165, 1.54) is 25.7 Å². The zero-order valence-corrected chi connectivity index (χ0v) is 6.98. The van der Waals surface area contributed by atoms with Crippen LogP contribution < -0.4 is 10.6 Å². The van der Waals surface area contributed by atoms with Crippen molar-refractivity contribution in [3.8, 4) is 0 Å². The second-order valence-electron chi connectivity index (χ2n) is 3.07. The summed E-state index contributed by atoms with van der Waals surface area (Å²) in [6, 6.07) is 1.41. The van der Waals surface area contributed by atoms with E-state index >= 15 is 0 Å². The molecule has 0 aliphatic heterocycles. The van der Waals surface area contributed by atoms with Gasteiger partial charge in [0.2, 0.25) is 0 Å². The van der Waals surface area contributed by atoms with Gasteiger partial charge in [-0.15, -0.1) is 0 Å². The van der Waals surface area contributed by atoms with E-state index in [0.29, 0.717) is 12.1 Å². The molecule has 0 bridgehead atoms. The normalized spacial score (nSPS) is 34.2. The summed E-state index contributed by atoms with van der Waals surface area (Å²) in [6.45, 7) is 0. The maximum absolute atomic E-state index is 3.34. The van der Waals surface area contributed by atoms with E-state index in [1.54, 1.807) is 0 Å². The Bertz CT molecular complexity index is 86.1. The molecule has 1 aliphatic rings. The lowest BCUT2D eigenvalue weighted by Crippen LogP contribution is -2.47. The van der Waals surface area contributed by atoms with E-state index in [1.807, 2.05) is 0 Å². The van der Waals surface area contributed by atoms with Gasteiger partial charge in [0, 0.05) is 13.5 Å². The maximum Gasteiger partial charge on any atom is 0.0218 e. The molecule has 1 fully saturated rings. The summed E-state index contributed by atoms with van der Waals surface area (Å²) in [5.74, 6) is 0. The van der Waals surface area contributed by atoms with Crippen LogP contribution in [0.4, 0.5) is 0 Å². The van der Waals surface area contributed by atoms with Crippen molar-refractivity contribution in [1.29, 1.82) is 0 Å². The molecule has 2 nitrogen and oxygen atoms in total. The second-order valence-corrected chi connectivity index (χ2v) is 3.07. The molecule has 1 rings (SSSR count). The van der Waals surface area contributed by atoms with Gasteiger partial charge in [-0.2, -0.15) is 0 Å². The van der Waals surface area contributed by atoms with Crippen molar-refractivity contribution in [2.45, 2.75) is 37.8 Å². The van der Waals surface area contributed by atoms with Gasteiger partial charge in [-0.1, -0.05) is 12.8 Å². The Hall–Kier alpha value is -0.0800. The molecule has 0 aromatic rings. The molecule has 2 heteroatoms. The zero-order chi connectivity index (χ0) is 7.40. The van der Waals surface area contributed by atoms with Gasteiger partial charge in [-0.3, -0.25) is 0 Å². The SMILES string of the molecule is CN[C@@H]1CCCC[C@H]1NC.[HH]. The summed E-state index contributed by atoms with van der Waals surface area (Å²) < 4.78 is 0. The van der Waals surface area contributed by atoms with Gasteiger partial charge in [0.15, 0.2) is 0 Å². The van der Waals surface area contributed by atoms with Gasteiger partial charge in [0.25, 0.3) is 0 Å². The molecule has 0 aromatic carbocycles. The Labute approximate surface area is 64.9 Å².